The van der Waals surface area contributed by atoms with Crippen LogP contribution < -0.4 is 0 Å². The van der Waals surface area contributed by atoms with E-state index in [4.69, 9.17) is 9.47 Å². The van der Waals surface area contributed by atoms with E-state index < -0.39 is 0 Å². The van der Waals surface area contributed by atoms with Crippen LogP contribution in [0.1, 0.15) is 77.6 Å². The van der Waals surface area contributed by atoms with Gasteiger partial charge < -0.3 is 9.47 Å². The van der Waals surface area contributed by atoms with Crippen molar-refractivity contribution in [2.45, 2.75) is 83.3 Å². The first-order valence-corrected chi connectivity index (χ1v) is 11.0. The Morgan fingerprint density at radius 2 is 1.76 bits per heavy atom. The molecule has 0 radical (unpaired) electrons. The standard InChI is InChI=1S/C22H34O3/c1-2-9-21-10-7-17-16-8-11-22(24-12-13-25-22)14-15(16)3-4-18(17)19(21)5-6-20(21)23/h15-19H,2-14H2,1H3/t15?,16?,17?,18?,19?,21-/m0/s1. The Kier molecular flexibility index (Phi) is 4.05. The summed E-state index contributed by atoms with van der Waals surface area (Å²) >= 11 is 0. The molecule has 1 spiro atoms. The van der Waals surface area contributed by atoms with E-state index in [-0.39, 0.29) is 11.2 Å². The molecule has 3 nitrogen and oxygen atoms in total. The topological polar surface area (TPSA) is 35.5 Å². The fraction of sp³-hybridized carbons (Fsp3) is 0.955. The number of rotatable bonds is 2. The molecule has 5 fully saturated rings. The van der Waals surface area contributed by atoms with Crippen molar-refractivity contribution in [3.63, 3.8) is 0 Å². The summed E-state index contributed by atoms with van der Waals surface area (Å²) in [7, 11) is 0. The maximum absolute atomic E-state index is 12.8. The molecule has 5 rings (SSSR count). The molecule has 1 aliphatic heterocycles. The van der Waals surface area contributed by atoms with Gasteiger partial charge in [-0.3, -0.25) is 4.79 Å². The van der Waals surface area contributed by atoms with Crippen LogP contribution in [0, 0.1) is 35.0 Å². The predicted octanol–water partition coefficient (Wildman–Crippen LogP) is 4.73. The zero-order chi connectivity index (χ0) is 17.1. The Morgan fingerprint density at radius 1 is 0.960 bits per heavy atom. The van der Waals surface area contributed by atoms with Gasteiger partial charge in [0, 0.05) is 24.7 Å². The molecule has 5 aliphatic rings. The molecule has 4 saturated carbocycles. The summed E-state index contributed by atoms with van der Waals surface area (Å²) in [4.78, 5) is 12.8. The van der Waals surface area contributed by atoms with Crippen molar-refractivity contribution < 1.29 is 14.3 Å². The predicted molar refractivity (Wildman–Crippen MR) is 96.0 cm³/mol. The third-order valence-electron chi connectivity index (χ3n) is 8.91. The molecular weight excluding hydrogens is 312 g/mol. The third-order valence-corrected chi connectivity index (χ3v) is 8.91. The molecule has 0 bridgehead atoms. The van der Waals surface area contributed by atoms with Gasteiger partial charge in [-0.1, -0.05) is 13.3 Å². The summed E-state index contributed by atoms with van der Waals surface area (Å²) in [6, 6.07) is 0. The van der Waals surface area contributed by atoms with Gasteiger partial charge in [0.1, 0.15) is 5.78 Å². The Bertz CT molecular complexity index is 537. The maximum atomic E-state index is 12.8. The monoisotopic (exact) mass is 346 g/mol. The molecule has 0 aromatic rings. The van der Waals surface area contributed by atoms with Gasteiger partial charge in [0.25, 0.3) is 0 Å². The van der Waals surface area contributed by atoms with Gasteiger partial charge in [0.15, 0.2) is 5.79 Å². The molecule has 0 aromatic carbocycles. The second-order valence-corrected chi connectivity index (χ2v) is 9.69. The molecule has 0 aromatic heterocycles. The molecule has 25 heavy (non-hydrogen) atoms. The summed E-state index contributed by atoms with van der Waals surface area (Å²) in [5.74, 6) is 4.46. The van der Waals surface area contributed by atoms with Crippen LogP contribution in [-0.2, 0) is 14.3 Å². The molecule has 0 N–H and O–H groups in total. The van der Waals surface area contributed by atoms with Gasteiger partial charge >= 0.3 is 0 Å². The Balaban J connectivity index is 1.36. The van der Waals surface area contributed by atoms with Gasteiger partial charge in [-0.15, -0.1) is 0 Å². The number of hydrogen-bond acceptors (Lipinski definition) is 3. The van der Waals surface area contributed by atoms with Crippen LogP contribution in [0.2, 0.25) is 0 Å². The number of carbonyl (C=O) groups is 1. The van der Waals surface area contributed by atoms with E-state index in [1.807, 2.05) is 0 Å². The minimum Gasteiger partial charge on any atom is -0.348 e. The summed E-state index contributed by atoms with van der Waals surface area (Å²) in [5, 5.41) is 0. The Morgan fingerprint density at radius 3 is 2.56 bits per heavy atom. The van der Waals surface area contributed by atoms with Crippen molar-refractivity contribution in [3.8, 4) is 0 Å². The first-order valence-electron chi connectivity index (χ1n) is 11.0. The van der Waals surface area contributed by atoms with Crippen molar-refractivity contribution >= 4 is 5.78 Å². The number of ether oxygens (including phenoxy) is 2. The highest BCUT2D eigenvalue weighted by molar-refractivity contribution is 5.87. The second-order valence-electron chi connectivity index (χ2n) is 9.69. The molecule has 6 atom stereocenters. The van der Waals surface area contributed by atoms with Crippen LogP contribution in [0.15, 0.2) is 0 Å². The van der Waals surface area contributed by atoms with E-state index in [9.17, 15) is 4.79 Å². The number of ketones is 1. The average Bonchev–Trinajstić information content (AvgIpc) is 3.20. The van der Waals surface area contributed by atoms with E-state index in [0.29, 0.717) is 11.7 Å². The van der Waals surface area contributed by atoms with Crippen molar-refractivity contribution in [2.75, 3.05) is 13.2 Å². The van der Waals surface area contributed by atoms with Crippen LogP contribution in [0.3, 0.4) is 0 Å². The summed E-state index contributed by atoms with van der Waals surface area (Å²) in [5.41, 5.74) is 0.0797. The molecule has 1 saturated heterocycles. The molecule has 3 heteroatoms. The zero-order valence-corrected chi connectivity index (χ0v) is 15.8. The molecule has 5 unspecified atom stereocenters. The molecular formula is C22H34O3. The van der Waals surface area contributed by atoms with Crippen LogP contribution in [-0.4, -0.2) is 24.8 Å². The van der Waals surface area contributed by atoms with Crippen molar-refractivity contribution in [3.05, 3.63) is 0 Å². The Labute approximate surface area is 152 Å². The van der Waals surface area contributed by atoms with Crippen molar-refractivity contribution in [1.82, 2.24) is 0 Å². The third kappa shape index (κ3) is 2.41. The smallest absolute Gasteiger partial charge is 0.168 e. The lowest BCUT2D eigenvalue weighted by Crippen LogP contribution is -2.52. The quantitative estimate of drug-likeness (QED) is 0.725. The van der Waals surface area contributed by atoms with Crippen LogP contribution in [0.4, 0.5) is 0 Å². The number of carbonyl (C=O) groups excluding carboxylic acids is 1. The minimum absolute atomic E-state index is 0.0797. The molecule has 0 amide bonds. The average molecular weight is 347 g/mol. The lowest BCUT2D eigenvalue weighted by molar-refractivity contribution is -0.209. The van der Waals surface area contributed by atoms with E-state index in [2.05, 4.69) is 6.92 Å². The van der Waals surface area contributed by atoms with E-state index in [0.717, 1.165) is 62.6 Å². The molecule has 140 valence electrons. The number of hydrogen-bond donors (Lipinski definition) is 0. The van der Waals surface area contributed by atoms with Gasteiger partial charge in [-0.2, -0.15) is 0 Å². The van der Waals surface area contributed by atoms with E-state index in [1.54, 1.807) is 0 Å². The van der Waals surface area contributed by atoms with Gasteiger partial charge in [0.2, 0.25) is 0 Å². The lowest BCUT2D eigenvalue weighted by atomic mass is 9.49. The summed E-state index contributed by atoms with van der Waals surface area (Å²) in [6.07, 6.45) is 13.1. The molecule has 4 aliphatic carbocycles. The largest absolute Gasteiger partial charge is 0.348 e. The first-order chi connectivity index (χ1) is 12.2. The fourth-order valence-electron chi connectivity index (χ4n) is 8.07. The highest BCUT2D eigenvalue weighted by Gasteiger charge is 2.59. The highest BCUT2D eigenvalue weighted by atomic mass is 16.7. The highest BCUT2D eigenvalue weighted by Crippen LogP contribution is 2.63. The maximum Gasteiger partial charge on any atom is 0.168 e. The first kappa shape index (κ1) is 16.7. The van der Waals surface area contributed by atoms with E-state index in [1.165, 1.54) is 44.9 Å². The number of fused-ring (bicyclic) bond motifs is 5. The summed E-state index contributed by atoms with van der Waals surface area (Å²) in [6.45, 7) is 3.84. The van der Waals surface area contributed by atoms with Crippen LogP contribution >= 0.6 is 0 Å². The van der Waals surface area contributed by atoms with Gasteiger partial charge in [-0.25, -0.2) is 0 Å². The Hall–Kier alpha value is -0.410. The minimum atomic E-state index is -0.224. The summed E-state index contributed by atoms with van der Waals surface area (Å²) < 4.78 is 12.1. The SMILES string of the molecule is CCC[C@]12CCC3C4CCC5(CC4CCC3C1CCC2=O)OCCO5. The van der Waals surface area contributed by atoms with E-state index >= 15 is 0 Å². The molecule has 1 heterocycles. The van der Waals surface area contributed by atoms with Gasteiger partial charge in [0.05, 0.1) is 13.2 Å². The van der Waals surface area contributed by atoms with Gasteiger partial charge in [-0.05, 0) is 74.5 Å². The normalized spacial score (nSPS) is 48.2. The van der Waals surface area contributed by atoms with Crippen molar-refractivity contribution in [2.24, 2.45) is 35.0 Å². The lowest BCUT2D eigenvalue weighted by Gasteiger charge is -2.56. The van der Waals surface area contributed by atoms with Crippen molar-refractivity contribution in [1.29, 1.82) is 0 Å². The fourth-order valence-corrected chi connectivity index (χ4v) is 8.07. The zero-order valence-electron chi connectivity index (χ0n) is 15.8. The van der Waals surface area contributed by atoms with Crippen LogP contribution in [0.5, 0.6) is 0 Å². The number of Topliss-reactive ketones (excluding diaryl/α,β-unsaturated/α-hetero) is 1. The van der Waals surface area contributed by atoms with Crippen LogP contribution in [0.25, 0.3) is 0 Å². The second kappa shape index (κ2) is 6.05.